The summed E-state index contributed by atoms with van der Waals surface area (Å²) in [6.07, 6.45) is -13.2. The van der Waals surface area contributed by atoms with E-state index in [-0.39, 0.29) is 53.5 Å². The molecule has 0 spiro atoms. The highest BCUT2D eigenvalue weighted by Crippen LogP contribution is 2.57. The molecule has 2 saturated heterocycles. The summed E-state index contributed by atoms with van der Waals surface area (Å²) < 4.78 is 109. The summed E-state index contributed by atoms with van der Waals surface area (Å²) in [6, 6.07) is 3.65. The van der Waals surface area contributed by atoms with Gasteiger partial charge in [-0.2, -0.15) is 20.5 Å². The molecule has 6 heterocycles. The number of aromatic nitrogens is 8. The highest BCUT2D eigenvalue weighted by molar-refractivity contribution is 7.48. The number of alkyl halides is 2. The van der Waals surface area contributed by atoms with Gasteiger partial charge in [0, 0.05) is 18.3 Å². The van der Waals surface area contributed by atoms with Crippen molar-refractivity contribution in [2.24, 2.45) is 11.8 Å². The van der Waals surface area contributed by atoms with Crippen molar-refractivity contribution in [1.82, 2.24) is 39.0 Å². The molecule has 2 fully saturated rings. The summed E-state index contributed by atoms with van der Waals surface area (Å²) >= 11 is 0. The van der Waals surface area contributed by atoms with Crippen molar-refractivity contribution in [2.45, 2.75) is 96.2 Å². The second-order valence-electron chi connectivity index (χ2n) is 15.7. The number of aliphatic hydroxyl groups is 1. The van der Waals surface area contributed by atoms with Crippen LogP contribution in [0.5, 0.6) is 0 Å². The Morgan fingerprint density at radius 3 is 1.78 bits per heavy atom. The van der Waals surface area contributed by atoms with Crippen LogP contribution in [0.2, 0.25) is 0 Å². The van der Waals surface area contributed by atoms with E-state index in [1.165, 1.54) is 6.08 Å². The van der Waals surface area contributed by atoms with Gasteiger partial charge >= 0.3 is 15.6 Å². The molecule has 2 amide bonds. The van der Waals surface area contributed by atoms with Crippen LogP contribution < -0.4 is 21.8 Å². The van der Waals surface area contributed by atoms with Crippen molar-refractivity contribution in [1.29, 1.82) is 10.5 Å². The number of anilines is 2. The van der Waals surface area contributed by atoms with Gasteiger partial charge in [-0.3, -0.25) is 76.1 Å². The molecule has 4 aromatic heterocycles. The van der Waals surface area contributed by atoms with Crippen LogP contribution in [0.3, 0.4) is 0 Å². The number of hydrogen-bond acceptors (Lipinski definition) is 21. The molecule has 2 aliphatic rings. The molecule has 0 aromatic carbocycles. The molecule has 374 valence electrons. The topological polar surface area (TPSA) is 361 Å². The van der Waals surface area contributed by atoms with Gasteiger partial charge in [-0.15, -0.1) is 6.58 Å². The number of carbonyl (C=O) groups excluding carboxylic acids is 2. The van der Waals surface area contributed by atoms with Crippen molar-refractivity contribution in [3.05, 3.63) is 46.0 Å². The Hall–Kier alpha value is -5.68. The number of nitrogens with one attached hydrogen (secondary N) is 4. The van der Waals surface area contributed by atoms with Crippen LogP contribution >= 0.6 is 15.6 Å². The smallest absolute Gasteiger partial charge is 0.394 e. The lowest BCUT2D eigenvalue weighted by molar-refractivity contribution is -0.119. The Labute approximate surface area is 389 Å². The molecule has 27 nitrogen and oxygen atoms in total. The summed E-state index contributed by atoms with van der Waals surface area (Å²) in [5.74, 6) is -2.72. The number of phosphoric acid groups is 2. The molecule has 0 bridgehead atoms. The number of hydrogen-bond donors (Lipinski definition) is 5. The van der Waals surface area contributed by atoms with Gasteiger partial charge in [-0.25, -0.2) is 27.9 Å². The highest BCUT2D eigenvalue weighted by atomic mass is 31.2. The highest BCUT2D eigenvalue weighted by Gasteiger charge is 2.54. The number of fused-ring (bicyclic) bond motifs is 2. The first-order valence-corrected chi connectivity index (χ1v) is 24.0. The summed E-state index contributed by atoms with van der Waals surface area (Å²) in [5.41, 5.74) is -2.82. The van der Waals surface area contributed by atoms with Gasteiger partial charge in [0.15, 0.2) is 47.1 Å². The first-order chi connectivity index (χ1) is 32.9. The number of aromatic amines is 2. The number of unbranched alkanes of at least 4 members (excludes halogenated alkanes) is 1. The Bertz CT molecular complexity index is 2810. The predicted octanol–water partition coefficient (Wildman–Crippen LogP) is 3.36. The van der Waals surface area contributed by atoms with E-state index in [0.717, 1.165) is 21.8 Å². The number of rotatable bonds is 24. The van der Waals surface area contributed by atoms with Crippen molar-refractivity contribution in [3.8, 4) is 12.1 Å². The average molecular weight is 1010 g/mol. The zero-order valence-electron chi connectivity index (χ0n) is 37.3. The fraction of sp³-hybridized carbons (Fsp3) is 0.579. The molecule has 69 heavy (non-hydrogen) atoms. The molecular weight excluding hydrogens is 964 g/mol. The van der Waals surface area contributed by atoms with Gasteiger partial charge in [0.25, 0.3) is 11.1 Å². The van der Waals surface area contributed by atoms with Crippen molar-refractivity contribution in [3.63, 3.8) is 0 Å². The Morgan fingerprint density at radius 1 is 0.826 bits per heavy atom. The minimum absolute atomic E-state index is 0.0556. The van der Waals surface area contributed by atoms with Crippen LogP contribution in [0, 0.1) is 34.5 Å². The first-order valence-electron chi connectivity index (χ1n) is 21.1. The second-order valence-corrected chi connectivity index (χ2v) is 19.0. The van der Waals surface area contributed by atoms with E-state index < -0.39 is 133 Å². The zero-order chi connectivity index (χ0) is 50.2. The summed E-state index contributed by atoms with van der Waals surface area (Å²) in [6.45, 7) is 6.36. The van der Waals surface area contributed by atoms with E-state index in [4.69, 9.17) is 47.1 Å². The molecule has 6 rings (SSSR count). The van der Waals surface area contributed by atoms with E-state index in [9.17, 15) is 33.4 Å². The molecule has 0 radical (unpaired) electrons. The fourth-order valence-corrected chi connectivity index (χ4v) is 9.35. The maximum atomic E-state index is 17.0. The van der Waals surface area contributed by atoms with E-state index >= 15 is 8.78 Å². The van der Waals surface area contributed by atoms with Crippen molar-refractivity contribution >= 4 is 61.7 Å². The van der Waals surface area contributed by atoms with Crippen LogP contribution in [0.15, 0.2) is 34.9 Å². The Kier molecular flexibility index (Phi) is 17.4. The quantitative estimate of drug-likeness (QED) is 0.0381. The largest absolute Gasteiger partial charge is 0.475 e. The van der Waals surface area contributed by atoms with Crippen LogP contribution in [0.4, 0.5) is 20.7 Å². The van der Waals surface area contributed by atoms with Gasteiger partial charge in [-0.05, 0) is 6.42 Å². The zero-order valence-corrected chi connectivity index (χ0v) is 39.0. The lowest BCUT2D eigenvalue weighted by Gasteiger charge is -2.27. The number of nitrogens with zero attached hydrogens (tertiary/aromatic N) is 8. The van der Waals surface area contributed by atoms with E-state index in [2.05, 4.69) is 47.1 Å². The normalized spacial score (nSPS) is 24.3. The van der Waals surface area contributed by atoms with Crippen molar-refractivity contribution < 1.29 is 69.2 Å². The third-order valence-corrected chi connectivity index (χ3v) is 13.0. The predicted molar refractivity (Wildman–Crippen MR) is 232 cm³/mol. The van der Waals surface area contributed by atoms with E-state index in [1.807, 2.05) is 6.07 Å². The molecule has 4 aromatic rings. The maximum Gasteiger partial charge on any atom is 0.475 e. The SMILES string of the molecule is C=CCOP(=O)(OCCC#N)O[C@@H]1C(COP(=O)(OCCCC#N)O[C@@H]2C(CO)OC(n3cnc4c(=O)[nH]c(NC(=O)C(C)C)nc43)[C@@H]2F)OC(n2cnc3c(=O)[nH]c(NC(=O)C(C)C)nc32)[C@@H]1F. The third-order valence-electron chi connectivity index (χ3n) is 10.1. The van der Waals surface area contributed by atoms with Crippen LogP contribution in [-0.2, 0) is 55.3 Å². The van der Waals surface area contributed by atoms with Gasteiger partial charge in [0.05, 0.1) is 64.2 Å². The number of amides is 2. The minimum atomic E-state index is -5.17. The fourth-order valence-electron chi connectivity index (χ4n) is 6.57. The molecule has 31 heteroatoms. The Balaban J connectivity index is 1.32. The van der Waals surface area contributed by atoms with Crippen LogP contribution in [-0.4, -0.2) is 126 Å². The standard InChI is InChI=1S/C38H48F2N12O15P2/c1-6-12-60-68(58,62-14-9-11-42)67-28-22(65-36(24(28)40)52-18-44-26-30(52)46-38(50-34(26)57)48-32(55)20(4)5)16-63-69(59,61-13-8-7-10-41)66-27-21(15-53)64-35(23(27)39)51-17-43-25-29(51)45-37(49-33(25)56)47-31(54)19(2)3/h6,17-24,27-28,35-36,53H,1,7-9,12-16H2,2-5H3,(H2,45,47,49,54,56)(H2,46,48,50,55,57)/t21?,22?,23-,24-,27-,28-,35?,36?,68?,69?/m1/s1. The summed E-state index contributed by atoms with van der Waals surface area (Å²) in [4.78, 5) is 71.9. The molecule has 0 saturated carbocycles. The monoisotopic (exact) mass is 1010 g/mol. The molecule has 10 atom stereocenters. The van der Waals surface area contributed by atoms with Gasteiger partial charge in [0.2, 0.25) is 23.7 Å². The number of aliphatic hydroxyl groups excluding tert-OH is 1. The number of carbonyl (C=O) groups is 2. The lowest BCUT2D eigenvalue weighted by Crippen LogP contribution is -2.36. The number of nitriles is 2. The number of halogens is 2. The van der Waals surface area contributed by atoms with Gasteiger partial charge < -0.3 is 14.6 Å². The number of imidazole rings is 2. The maximum absolute atomic E-state index is 17.0. The second kappa shape index (κ2) is 22.8. The van der Waals surface area contributed by atoms with Crippen LogP contribution in [0.25, 0.3) is 22.3 Å². The number of phosphoric ester groups is 2. The van der Waals surface area contributed by atoms with E-state index in [0.29, 0.717) is 0 Å². The Morgan fingerprint density at radius 2 is 1.30 bits per heavy atom. The first kappa shape index (κ1) is 52.7. The number of H-pyrrole nitrogens is 2. The molecule has 0 aliphatic carbocycles. The summed E-state index contributed by atoms with van der Waals surface area (Å²) in [7, 11) is -10.0. The average Bonchev–Trinajstić information content (AvgIpc) is 4.07. The molecule has 5 N–H and O–H groups in total. The third kappa shape index (κ3) is 12.2. The molecular formula is C38H48F2N12O15P2. The van der Waals surface area contributed by atoms with E-state index in [1.54, 1.807) is 33.8 Å². The minimum Gasteiger partial charge on any atom is -0.394 e. The van der Waals surface area contributed by atoms with Gasteiger partial charge in [-0.1, -0.05) is 33.8 Å². The van der Waals surface area contributed by atoms with Crippen LogP contribution in [0.1, 0.15) is 59.4 Å². The van der Waals surface area contributed by atoms with Crippen molar-refractivity contribution in [2.75, 3.05) is 43.7 Å². The number of ether oxygens (including phenoxy) is 2. The van der Waals surface area contributed by atoms with Gasteiger partial charge in [0.1, 0.15) is 24.4 Å². The lowest BCUT2D eigenvalue weighted by atomic mass is 10.1. The molecule has 2 aliphatic heterocycles. The molecule has 6 unspecified atom stereocenters. The summed E-state index contributed by atoms with van der Waals surface area (Å²) in [5, 5.41) is 33.4.